The molecule has 4 aromatic rings. The topological polar surface area (TPSA) is 57.4 Å². The standard InChI is InChI=1S/C38H44FN3O2/c1-37(2,3)28-11-12-33-30(23-28)31-22-26(36-29(35(31)41-33)14-18-38(4,5)44-36)10-13-34(43)40-19-15-25-16-20-42(21-17-25)24-27-8-6-7-9-32(27)39/h6-14,18,22-23,25,41H,15-17,19-21,24H2,1-5H3,(H,40,43)/b13-10+. The first-order chi connectivity index (χ1) is 21.0. The number of H-pyrrole nitrogens is 1. The molecule has 6 heteroatoms. The molecule has 2 N–H and O–H groups in total. The van der Waals surface area contributed by atoms with E-state index in [-0.39, 0.29) is 17.1 Å². The summed E-state index contributed by atoms with van der Waals surface area (Å²) in [5, 5.41) is 5.39. The number of rotatable bonds is 7. The van der Waals surface area contributed by atoms with Gasteiger partial charge in [0.05, 0.1) is 5.52 Å². The first-order valence-electron chi connectivity index (χ1n) is 15.9. The number of benzene rings is 3. The summed E-state index contributed by atoms with van der Waals surface area (Å²) in [6.07, 6.45) is 10.8. The number of piperidine rings is 1. The van der Waals surface area contributed by atoms with Gasteiger partial charge in [0.2, 0.25) is 5.91 Å². The SMILES string of the molecule is CC1(C)C=Cc2c(c(/C=C/C(=O)NCCC3CCN(Cc4ccccc4F)CC3)cc3c2[nH]c2ccc(C(C)(C)C)cc23)O1. The lowest BCUT2D eigenvalue weighted by molar-refractivity contribution is -0.116. The fraction of sp³-hybridized carbons (Fsp3) is 0.395. The minimum Gasteiger partial charge on any atom is -0.482 e. The van der Waals surface area contributed by atoms with Gasteiger partial charge in [-0.25, -0.2) is 4.39 Å². The second kappa shape index (κ2) is 11.9. The lowest BCUT2D eigenvalue weighted by atomic mass is 9.86. The minimum atomic E-state index is -0.443. The predicted molar refractivity (Wildman–Crippen MR) is 179 cm³/mol. The van der Waals surface area contributed by atoms with E-state index in [1.54, 1.807) is 12.1 Å². The Morgan fingerprint density at radius 1 is 1.11 bits per heavy atom. The molecule has 1 amide bonds. The number of fused-ring (bicyclic) bond motifs is 5. The number of aromatic amines is 1. The zero-order valence-corrected chi connectivity index (χ0v) is 26.6. The molecule has 6 rings (SSSR count). The number of nitrogens with zero attached hydrogens (tertiary/aromatic N) is 1. The maximum Gasteiger partial charge on any atom is 0.244 e. The third kappa shape index (κ3) is 6.46. The van der Waals surface area contributed by atoms with Crippen molar-refractivity contribution >= 4 is 39.9 Å². The van der Waals surface area contributed by atoms with Crippen LogP contribution in [-0.2, 0) is 16.8 Å². The molecule has 1 saturated heterocycles. The highest BCUT2D eigenvalue weighted by molar-refractivity contribution is 6.12. The van der Waals surface area contributed by atoms with Crippen molar-refractivity contribution in [3.05, 3.63) is 88.8 Å². The molecule has 2 aliphatic rings. The maximum atomic E-state index is 14.0. The van der Waals surface area contributed by atoms with E-state index in [9.17, 15) is 9.18 Å². The van der Waals surface area contributed by atoms with Crippen LogP contribution in [0, 0.1) is 11.7 Å². The summed E-state index contributed by atoms with van der Waals surface area (Å²) in [6, 6.07) is 15.8. The summed E-state index contributed by atoms with van der Waals surface area (Å²) >= 11 is 0. The Bertz CT molecular complexity index is 1750. The molecule has 1 aromatic heterocycles. The van der Waals surface area contributed by atoms with Crippen molar-refractivity contribution in [2.45, 2.75) is 71.4 Å². The smallest absolute Gasteiger partial charge is 0.244 e. The van der Waals surface area contributed by atoms with E-state index in [1.165, 1.54) is 17.0 Å². The number of hydrogen-bond acceptors (Lipinski definition) is 3. The summed E-state index contributed by atoms with van der Waals surface area (Å²) in [7, 11) is 0. The van der Waals surface area contributed by atoms with Crippen molar-refractivity contribution in [1.82, 2.24) is 15.2 Å². The molecule has 230 valence electrons. The second-order valence-corrected chi connectivity index (χ2v) is 14.0. The number of aromatic nitrogens is 1. The number of likely N-dealkylation sites (tertiary alicyclic amines) is 1. The van der Waals surface area contributed by atoms with Gasteiger partial charge in [-0.05, 0) is 106 Å². The molecular formula is C38H44FN3O2. The van der Waals surface area contributed by atoms with Gasteiger partial charge in [0.25, 0.3) is 0 Å². The molecule has 0 bridgehead atoms. The van der Waals surface area contributed by atoms with Crippen LogP contribution in [0.2, 0.25) is 0 Å². The van der Waals surface area contributed by atoms with E-state index >= 15 is 0 Å². The average molecular weight is 594 g/mol. The Kier molecular flexibility index (Phi) is 8.14. The van der Waals surface area contributed by atoms with Gasteiger partial charge in [0.15, 0.2) is 0 Å². The molecule has 1 fully saturated rings. The molecule has 0 aliphatic carbocycles. The van der Waals surface area contributed by atoms with Crippen LogP contribution in [0.3, 0.4) is 0 Å². The first-order valence-corrected chi connectivity index (χ1v) is 15.9. The Labute approximate surface area is 260 Å². The van der Waals surface area contributed by atoms with Gasteiger partial charge in [-0.3, -0.25) is 9.69 Å². The van der Waals surface area contributed by atoms with Gasteiger partial charge in [-0.2, -0.15) is 0 Å². The quantitative estimate of drug-likeness (QED) is 0.212. The van der Waals surface area contributed by atoms with E-state index < -0.39 is 5.60 Å². The van der Waals surface area contributed by atoms with E-state index in [4.69, 9.17) is 4.74 Å². The third-order valence-corrected chi connectivity index (χ3v) is 9.12. The Morgan fingerprint density at radius 3 is 2.64 bits per heavy atom. The molecule has 0 atom stereocenters. The third-order valence-electron chi connectivity index (χ3n) is 9.12. The van der Waals surface area contributed by atoms with Crippen LogP contribution >= 0.6 is 0 Å². The minimum absolute atomic E-state index is 0.0401. The highest BCUT2D eigenvalue weighted by Crippen LogP contribution is 2.42. The number of amides is 1. The second-order valence-electron chi connectivity index (χ2n) is 14.0. The summed E-state index contributed by atoms with van der Waals surface area (Å²) in [6.45, 7) is 14.0. The fourth-order valence-electron chi connectivity index (χ4n) is 6.43. The fourth-order valence-corrected chi connectivity index (χ4v) is 6.43. The number of ether oxygens (including phenoxy) is 1. The van der Waals surface area contributed by atoms with Crippen molar-refractivity contribution in [3.8, 4) is 5.75 Å². The predicted octanol–water partition coefficient (Wildman–Crippen LogP) is 8.37. The van der Waals surface area contributed by atoms with Crippen molar-refractivity contribution in [2.24, 2.45) is 5.92 Å². The number of halogens is 1. The van der Waals surface area contributed by atoms with Crippen molar-refractivity contribution in [3.63, 3.8) is 0 Å². The molecule has 5 nitrogen and oxygen atoms in total. The lowest BCUT2D eigenvalue weighted by Gasteiger charge is -2.32. The van der Waals surface area contributed by atoms with Gasteiger partial charge in [-0.15, -0.1) is 0 Å². The van der Waals surface area contributed by atoms with Crippen LogP contribution in [0.1, 0.15) is 76.1 Å². The molecule has 0 spiro atoms. The molecule has 0 unspecified atom stereocenters. The zero-order chi connectivity index (χ0) is 31.1. The van der Waals surface area contributed by atoms with Crippen LogP contribution in [0.15, 0.2) is 60.7 Å². The van der Waals surface area contributed by atoms with E-state index in [0.29, 0.717) is 19.0 Å². The lowest BCUT2D eigenvalue weighted by Crippen LogP contribution is -2.34. The summed E-state index contributed by atoms with van der Waals surface area (Å²) in [5.41, 5.74) is 5.68. The summed E-state index contributed by atoms with van der Waals surface area (Å²) < 4.78 is 20.5. The Balaban J connectivity index is 1.13. The van der Waals surface area contributed by atoms with Gasteiger partial charge in [0, 0.05) is 52.1 Å². The highest BCUT2D eigenvalue weighted by Gasteiger charge is 2.27. The van der Waals surface area contributed by atoms with Crippen LogP contribution in [0.25, 0.3) is 34.0 Å². The Morgan fingerprint density at radius 2 is 1.89 bits per heavy atom. The zero-order valence-electron chi connectivity index (χ0n) is 26.6. The largest absolute Gasteiger partial charge is 0.482 e. The van der Waals surface area contributed by atoms with Gasteiger partial charge >= 0.3 is 0 Å². The van der Waals surface area contributed by atoms with Crippen LogP contribution in [-0.4, -0.2) is 41.0 Å². The van der Waals surface area contributed by atoms with Gasteiger partial charge < -0.3 is 15.0 Å². The highest BCUT2D eigenvalue weighted by atomic mass is 19.1. The van der Waals surface area contributed by atoms with E-state index in [2.05, 4.69) is 72.4 Å². The van der Waals surface area contributed by atoms with E-state index in [0.717, 1.165) is 71.2 Å². The van der Waals surface area contributed by atoms with Gasteiger partial charge in [0.1, 0.15) is 17.2 Å². The first kappa shape index (κ1) is 30.1. The summed E-state index contributed by atoms with van der Waals surface area (Å²) in [4.78, 5) is 18.9. The Hall–Kier alpha value is -3.90. The van der Waals surface area contributed by atoms with Crippen LogP contribution in [0.5, 0.6) is 5.75 Å². The molecule has 3 heterocycles. The van der Waals surface area contributed by atoms with Crippen LogP contribution in [0.4, 0.5) is 4.39 Å². The molecule has 44 heavy (non-hydrogen) atoms. The number of carbonyl (C=O) groups is 1. The van der Waals surface area contributed by atoms with Crippen LogP contribution < -0.4 is 10.1 Å². The van der Waals surface area contributed by atoms with Crippen molar-refractivity contribution in [2.75, 3.05) is 19.6 Å². The normalized spacial score (nSPS) is 17.3. The van der Waals surface area contributed by atoms with E-state index in [1.807, 2.05) is 32.1 Å². The molecular weight excluding hydrogens is 549 g/mol. The average Bonchev–Trinajstić information content (AvgIpc) is 3.35. The maximum absolute atomic E-state index is 14.0. The number of hydrogen-bond donors (Lipinski definition) is 2. The molecule has 3 aromatic carbocycles. The molecule has 0 radical (unpaired) electrons. The number of nitrogens with one attached hydrogen (secondary N) is 2. The van der Waals surface area contributed by atoms with Crippen molar-refractivity contribution < 1.29 is 13.9 Å². The monoisotopic (exact) mass is 593 g/mol. The summed E-state index contributed by atoms with van der Waals surface area (Å²) in [5.74, 6) is 1.12. The molecule has 2 aliphatic heterocycles. The van der Waals surface area contributed by atoms with Gasteiger partial charge in [-0.1, -0.05) is 45.0 Å². The van der Waals surface area contributed by atoms with Crippen molar-refractivity contribution in [1.29, 1.82) is 0 Å². The number of carbonyl (C=O) groups excluding carboxylic acids is 1. The molecule has 0 saturated carbocycles.